The summed E-state index contributed by atoms with van der Waals surface area (Å²) < 4.78 is 4.83. The van der Waals surface area contributed by atoms with Crippen molar-refractivity contribution in [2.75, 3.05) is 13.2 Å². The second-order valence-electron chi connectivity index (χ2n) is 3.02. The molecule has 0 aromatic carbocycles. The molecule has 1 aliphatic carbocycles. The van der Waals surface area contributed by atoms with Crippen LogP contribution < -0.4 is 0 Å². The van der Waals surface area contributed by atoms with E-state index in [0.29, 0.717) is 0 Å². The van der Waals surface area contributed by atoms with Crippen LogP contribution in [0.1, 0.15) is 48.8 Å². The summed E-state index contributed by atoms with van der Waals surface area (Å²) in [5, 5.41) is 0. The molecule has 0 saturated heterocycles. The second-order valence-corrected chi connectivity index (χ2v) is 4.31. The normalized spacial score (nSPS) is 16.8. The van der Waals surface area contributed by atoms with Gasteiger partial charge in [0.2, 0.25) is 0 Å². The molecule has 1 nitrogen and oxygen atoms in total. The number of hydrogen-bond donors (Lipinski definition) is 0. The van der Waals surface area contributed by atoms with Gasteiger partial charge in [-0.1, -0.05) is 35.2 Å². The first-order chi connectivity index (χ1) is 5.81. The number of ether oxygens (including phenoxy) is 1. The maximum atomic E-state index is 4.83. The summed E-state index contributed by atoms with van der Waals surface area (Å²) in [6.45, 7) is 5.67. The van der Waals surface area contributed by atoms with E-state index in [4.69, 9.17) is 4.74 Å². The summed E-state index contributed by atoms with van der Waals surface area (Å²) in [5.41, 5.74) is 0. The summed E-state index contributed by atoms with van der Waals surface area (Å²) in [5.74, 6) is 0. The Morgan fingerprint density at radius 3 is 1.77 bits per heavy atom. The van der Waals surface area contributed by atoms with Crippen molar-refractivity contribution in [3.05, 3.63) is 0 Å². The Kier molecular flexibility index (Phi) is 16.9. The molecule has 1 aliphatic rings. The molecule has 0 aromatic heterocycles. The van der Waals surface area contributed by atoms with Crippen LogP contribution >= 0.6 is 15.9 Å². The largest absolute Gasteiger partial charge is 2.00 e. The van der Waals surface area contributed by atoms with Crippen LogP contribution in [-0.4, -0.2) is 41.1 Å². The first-order valence-corrected chi connectivity index (χ1v) is 5.94. The number of hydrogen-bond acceptors (Lipinski definition) is 1. The fourth-order valence-electron chi connectivity index (χ4n) is 1.26. The molecule has 1 rings (SSSR count). The van der Waals surface area contributed by atoms with Gasteiger partial charge in [-0.2, -0.15) is 0 Å². The van der Waals surface area contributed by atoms with Gasteiger partial charge in [-0.15, -0.1) is 0 Å². The van der Waals surface area contributed by atoms with Crippen molar-refractivity contribution in [3.8, 4) is 0 Å². The van der Waals surface area contributed by atoms with Gasteiger partial charge in [-0.05, 0) is 26.7 Å². The van der Waals surface area contributed by atoms with Gasteiger partial charge in [-0.3, -0.25) is 0 Å². The summed E-state index contributed by atoms with van der Waals surface area (Å²) in [6, 6.07) is 0. The number of halogens is 1. The van der Waals surface area contributed by atoms with Gasteiger partial charge in [0, 0.05) is 18.0 Å². The molecule has 0 unspecified atom stereocenters. The van der Waals surface area contributed by atoms with Crippen molar-refractivity contribution in [1.82, 2.24) is 0 Å². The minimum absolute atomic E-state index is 0. The zero-order valence-corrected chi connectivity index (χ0v) is 12.0. The Hall–Kier alpha value is 1.21. The fraction of sp³-hybridized carbons (Fsp3) is 1.00. The Labute approximate surface area is 110 Å². The third-order valence-corrected chi connectivity index (χ3v) is 2.86. The van der Waals surface area contributed by atoms with Gasteiger partial charge in [0.05, 0.1) is 0 Å². The van der Waals surface area contributed by atoms with Crippen LogP contribution in [0.15, 0.2) is 0 Å². The Morgan fingerprint density at radius 1 is 1.15 bits per heavy atom. The van der Waals surface area contributed by atoms with Crippen LogP contribution in [0.3, 0.4) is 0 Å². The van der Waals surface area contributed by atoms with Gasteiger partial charge in [0.25, 0.3) is 0 Å². The topological polar surface area (TPSA) is 9.23 Å². The molecule has 0 spiro atoms. The molecular formula is C10H23BrMgO. The van der Waals surface area contributed by atoms with Crippen molar-refractivity contribution >= 4 is 39.0 Å². The van der Waals surface area contributed by atoms with Gasteiger partial charge in [-0.25, -0.2) is 0 Å². The van der Waals surface area contributed by atoms with Crippen molar-refractivity contribution in [2.45, 2.75) is 50.8 Å². The van der Waals surface area contributed by atoms with E-state index in [-0.39, 0.29) is 25.9 Å². The molecule has 13 heavy (non-hydrogen) atoms. The quantitative estimate of drug-likeness (QED) is 0.546. The molecule has 0 aromatic rings. The third-order valence-electron chi connectivity index (χ3n) is 1.94. The summed E-state index contributed by atoms with van der Waals surface area (Å²) in [4.78, 5) is 0.848. The SMILES string of the molecule is BrC1CCCCC1.CCOCC.[H-].[H-].[Mg+2]. The van der Waals surface area contributed by atoms with E-state index in [1.54, 1.807) is 0 Å². The molecule has 1 saturated carbocycles. The molecule has 0 bridgehead atoms. The number of alkyl halides is 1. The zero-order valence-electron chi connectivity index (χ0n) is 11.0. The molecule has 0 atom stereocenters. The molecule has 0 radical (unpaired) electrons. The Morgan fingerprint density at radius 2 is 1.62 bits per heavy atom. The van der Waals surface area contributed by atoms with E-state index in [9.17, 15) is 0 Å². The molecule has 0 heterocycles. The first-order valence-electron chi connectivity index (χ1n) is 5.03. The van der Waals surface area contributed by atoms with Gasteiger partial charge in [0.15, 0.2) is 0 Å². The molecule has 78 valence electrons. The predicted octanol–water partition coefficient (Wildman–Crippen LogP) is 3.60. The molecule has 0 N–H and O–H groups in total. The van der Waals surface area contributed by atoms with Crippen LogP contribution in [0.25, 0.3) is 0 Å². The summed E-state index contributed by atoms with van der Waals surface area (Å²) in [7, 11) is 0. The van der Waals surface area contributed by atoms with E-state index in [0.717, 1.165) is 18.0 Å². The van der Waals surface area contributed by atoms with E-state index in [1.165, 1.54) is 32.1 Å². The molecule has 3 heteroatoms. The molecule has 0 amide bonds. The maximum absolute atomic E-state index is 4.83. The smallest absolute Gasteiger partial charge is 1.00 e. The van der Waals surface area contributed by atoms with E-state index in [2.05, 4.69) is 15.9 Å². The van der Waals surface area contributed by atoms with Crippen LogP contribution in [0.4, 0.5) is 0 Å². The second kappa shape index (κ2) is 13.2. The van der Waals surface area contributed by atoms with Crippen molar-refractivity contribution in [3.63, 3.8) is 0 Å². The summed E-state index contributed by atoms with van der Waals surface area (Å²) >= 11 is 3.59. The van der Waals surface area contributed by atoms with E-state index >= 15 is 0 Å². The van der Waals surface area contributed by atoms with Crippen LogP contribution in [0.2, 0.25) is 0 Å². The van der Waals surface area contributed by atoms with Crippen LogP contribution in [0.5, 0.6) is 0 Å². The minimum atomic E-state index is 0. The average molecular weight is 264 g/mol. The molecule has 0 aliphatic heterocycles. The Bertz CT molecular complexity index is 91.5. The molecule has 1 fully saturated rings. The predicted molar refractivity (Wildman–Crippen MR) is 65.9 cm³/mol. The number of rotatable bonds is 2. The average Bonchev–Trinajstić information content (AvgIpc) is 2.08. The van der Waals surface area contributed by atoms with E-state index in [1.807, 2.05) is 13.8 Å². The van der Waals surface area contributed by atoms with E-state index < -0.39 is 0 Å². The first kappa shape index (κ1) is 16.6. The van der Waals surface area contributed by atoms with Gasteiger partial charge >= 0.3 is 23.1 Å². The third kappa shape index (κ3) is 13.2. The maximum Gasteiger partial charge on any atom is 2.00 e. The van der Waals surface area contributed by atoms with Gasteiger partial charge in [0.1, 0.15) is 0 Å². The van der Waals surface area contributed by atoms with Crippen molar-refractivity contribution < 1.29 is 7.59 Å². The van der Waals surface area contributed by atoms with Crippen molar-refractivity contribution in [2.24, 2.45) is 0 Å². The minimum Gasteiger partial charge on any atom is -1.00 e. The summed E-state index contributed by atoms with van der Waals surface area (Å²) in [6.07, 6.45) is 7.15. The van der Waals surface area contributed by atoms with Crippen LogP contribution in [-0.2, 0) is 4.74 Å². The molecular weight excluding hydrogens is 240 g/mol. The fourth-order valence-corrected chi connectivity index (χ4v) is 1.90. The van der Waals surface area contributed by atoms with Gasteiger partial charge < -0.3 is 7.59 Å². The zero-order chi connectivity index (χ0) is 9.23. The van der Waals surface area contributed by atoms with Crippen LogP contribution in [0, 0.1) is 0 Å². The Balaban J connectivity index is -0.0000000701. The van der Waals surface area contributed by atoms with Crippen molar-refractivity contribution in [1.29, 1.82) is 0 Å². The standard InChI is InChI=1S/C6H11Br.C4H10O.Mg.2H/c7-6-4-2-1-3-5-6;1-3-5-4-2;;;/h6H,1-5H2;3-4H2,1-2H3;;;/q;;+2;2*-1. The monoisotopic (exact) mass is 262 g/mol.